The molecule has 0 aliphatic rings. The molecule has 21 heavy (non-hydrogen) atoms. The van der Waals surface area contributed by atoms with Crippen molar-refractivity contribution < 1.29 is 23.8 Å². The summed E-state index contributed by atoms with van der Waals surface area (Å²) in [6.07, 6.45) is -0.449. The highest BCUT2D eigenvalue weighted by Gasteiger charge is 2.07. The molecule has 0 aliphatic carbocycles. The normalized spacial score (nSPS) is 12.1. The Balaban J connectivity index is 2.08. The van der Waals surface area contributed by atoms with E-state index in [1.165, 1.54) is 6.07 Å². The number of ether oxygens (including phenoxy) is 2. The summed E-state index contributed by atoms with van der Waals surface area (Å²) in [5, 5.41) is 12.6. The first-order chi connectivity index (χ1) is 10.1. The Morgan fingerprint density at radius 1 is 1.43 bits per heavy atom. The highest BCUT2D eigenvalue weighted by Crippen LogP contribution is 2.07. The summed E-state index contributed by atoms with van der Waals surface area (Å²) < 4.78 is 23.3. The number of benzene rings is 1. The average molecular weight is 299 g/mol. The second-order valence-electron chi connectivity index (χ2n) is 4.52. The number of esters is 1. The summed E-state index contributed by atoms with van der Waals surface area (Å²) in [5.74, 6) is -0.588. The lowest BCUT2D eigenvalue weighted by molar-refractivity contribution is -0.143. The van der Waals surface area contributed by atoms with Crippen molar-refractivity contribution >= 4 is 5.97 Å². The Kier molecular flexibility index (Phi) is 8.57. The van der Waals surface area contributed by atoms with E-state index in [4.69, 9.17) is 9.47 Å². The molecule has 0 fully saturated rings. The first-order valence-corrected chi connectivity index (χ1v) is 6.99. The minimum absolute atomic E-state index is 0.0980. The van der Waals surface area contributed by atoms with Crippen molar-refractivity contribution in [2.75, 3.05) is 26.3 Å². The predicted molar refractivity (Wildman–Crippen MR) is 76.2 cm³/mol. The molecule has 0 spiro atoms. The Morgan fingerprint density at radius 3 is 2.90 bits per heavy atom. The molecule has 1 atom stereocenters. The van der Waals surface area contributed by atoms with Gasteiger partial charge in [-0.15, -0.1) is 0 Å². The number of hydrogen-bond donors (Lipinski definition) is 2. The zero-order chi connectivity index (χ0) is 15.5. The number of halogens is 1. The predicted octanol–water partition coefficient (Wildman–Crippen LogP) is 1.25. The minimum atomic E-state index is -0.709. The van der Waals surface area contributed by atoms with Crippen LogP contribution in [0.3, 0.4) is 0 Å². The molecule has 1 aromatic carbocycles. The van der Waals surface area contributed by atoms with Crippen LogP contribution in [0.4, 0.5) is 4.39 Å². The lowest BCUT2D eigenvalue weighted by atomic mass is 10.2. The van der Waals surface area contributed by atoms with E-state index in [-0.39, 0.29) is 31.4 Å². The Bertz CT molecular complexity index is 428. The standard InChI is InChI=1S/C15H22FNO4/c1-2-21-15(19)7-8-17-9-13(18)11-20-10-12-5-3-4-6-14(12)16/h3-6,13,17-18H,2,7-11H2,1H3. The number of rotatable bonds is 10. The van der Waals surface area contributed by atoms with Gasteiger partial charge in [-0.2, -0.15) is 0 Å². The molecule has 5 nitrogen and oxygen atoms in total. The van der Waals surface area contributed by atoms with Crippen molar-refractivity contribution in [2.45, 2.75) is 26.1 Å². The monoisotopic (exact) mass is 299 g/mol. The van der Waals surface area contributed by atoms with Crippen molar-refractivity contribution in [3.8, 4) is 0 Å². The van der Waals surface area contributed by atoms with Crippen LogP contribution >= 0.6 is 0 Å². The summed E-state index contributed by atoms with van der Waals surface area (Å²) >= 11 is 0. The van der Waals surface area contributed by atoms with Gasteiger partial charge < -0.3 is 19.9 Å². The summed E-state index contributed by atoms with van der Waals surface area (Å²) in [7, 11) is 0. The van der Waals surface area contributed by atoms with Crippen molar-refractivity contribution in [3.05, 3.63) is 35.6 Å². The van der Waals surface area contributed by atoms with Gasteiger partial charge in [-0.25, -0.2) is 4.39 Å². The molecular formula is C15H22FNO4. The van der Waals surface area contributed by atoms with Gasteiger partial charge in [0.1, 0.15) is 5.82 Å². The van der Waals surface area contributed by atoms with E-state index in [9.17, 15) is 14.3 Å². The van der Waals surface area contributed by atoms with Gasteiger partial charge >= 0.3 is 5.97 Å². The molecule has 1 unspecified atom stereocenters. The fraction of sp³-hybridized carbons (Fsp3) is 0.533. The van der Waals surface area contributed by atoms with E-state index < -0.39 is 6.10 Å². The summed E-state index contributed by atoms with van der Waals surface area (Å²) in [4.78, 5) is 11.1. The highest BCUT2D eigenvalue weighted by atomic mass is 19.1. The summed E-state index contributed by atoms with van der Waals surface area (Å²) in [6, 6.07) is 6.35. The molecular weight excluding hydrogens is 277 g/mol. The molecule has 0 amide bonds. The quantitative estimate of drug-likeness (QED) is 0.503. The third-order valence-electron chi connectivity index (χ3n) is 2.72. The molecule has 118 valence electrons. The zero-order valence-electron chi connectivity index (χ0n) is 12.2. The number of carbonyl (C=O) groups is 1. The van der Waals surface area contributed by atoms with Crippen LogP contribution in [-0.4, -0.2) is 43.5 Å². The largest absolute Gasteiger partial charge is 0.466 e. The van der Waals surface area contributed by atoms with Crippen molar-refractivity contribution in [1.82, 2.24) is 5.32 Å². The van der Waals surface area contributed by atoms with Crippen LogP contribution in [0.1, 0.15) is 18.9 Å². The molecule has 0 saturated heterocycles. The SMILES string of the molecule is CCOC(=O)CCNCC(O)COCc1ccccc1F. The van der Waals surface area contributed by atoms with Gasteiger partial charge in [0.15, 0.2) is 0 Å². The summed E-state index contributed by atoms with van der Waals surface area (Å²) in [6.45, 7) is 3.07. The van der Waals surface area contributed by atoms with E-state index in [1.807, 2.05) is 0 Å². The second kappa shape index (κ2) is 10.3. The van der Waals surface area contributed by atoms with E-state index in [0.29, 0.717) is 25.3 Å². The van der Waals surface area contributed by atoms with Crippen LogP contribution in [0, 0.1) is 5.82 Å². The number of aliphatic hydroxyl groups excluding tert-OH is 1. The van der Waals surface area contributed by atoms with Crippen molar-refractivity contribution in [1.29, 1.82) is 0 Å². The van der Waals surface area contributed by atoms with Crippen LogP contribution in [-0.2, 0) is 20.9 Å². The van der Waals surface area contributed by atoms with Crippen LogP contribution < -0.4 is 5.32 Å². The Labute approximate surface area is 124 Å². The maximum atomic E-state index is 13.3. The molecule has 0 saturated carbocycles. The lowest BCUT2D eigenvalue weighted by Gasteiger charge is -2.12. The molecule has 0 aromatic heterocycles. The van der Waals surface area contributed by atoms with Crippen molar-refractivity contribution in [3.63, 3.8) is 0 Å². The maximum absolute atomic E-state index is 13.3. The number of nitrogens with one attached hydrogen (secondary N) is 1. The van der Waals surface area contributed by atoms with Gasteiger partial charge in [-0.1, -0.05) is 18.2 Å². The third kappa shape index (κ3) is 7.75. The van der Waals surface area contributed by atoms with E-state index >= 15 is 0 Å². The lowest BCUT2D eigenvalue weighted by Crippen LogP contribution is -2.31. The molecule has 2 N–H and O–H groups in total. The van der Waals surface area contributed by atoms with Crippen LogP contribution in [0.15, 0.2) is 24.3 Å². The fourth-order valence-corrected chi connectivity index (χ4v) is 1.67. The number of carbonyl (C=O) groups excluding carboxylic acids is 1. The first kappa shape index (κ1) is 17.6. The van der Waals surface area contributed by atoms with Gasteiger partial charge in [0.25, 0.3) is 0 Å². The van der Waals surface area contributed by atoms with Crippen molar-refractivity contribution in [2.24, 2.45) is 0 Å². The molecule has 1 aromatic rings. The van der Waals surface area contributed by atoms with Gasteiger partial charge in [0, 0.05) is 18.7 Å². The molecule has 0 aliphatic heterocycles. The third-order valence-corrected chi connectivity index (χ3v) is 2.72. The minimum Gasteiger partial charge on any atom is -0.466 e. The highest BCUT2D eigenvalue weighted by molar-refractivity contribution is 5.69. The average Bonchev–Trinajstić information content (AvgIpc) is 2.46. The van der Waals surface area contributed by atoms with E-state index in [0.717, 1.165) is 0 Å². The molecule has 0 bridgehead atoms. The first-order valence-electron chi connectivity index (χ1n) is 6.99. The van der Waals surface area contributed by atoms with Gasteiger partial charge in [0.2, 0.25) is 0 Å². The van der Waals surface area contributed by atoms with Crippen LogP contribution in [0.2, 0.25) is 0 Å². The maximum Gasteiger partial charge on any atom is 0.307 e. The van der Waals surface area contributed by atoms with Gasteiger partial charge in [-0.3, -0.25) is 4.79 Å². The number of aliphatic hydroxyl groups is 1. The van der Waals surface area contributed by atoms with E-state index in [2.05, 4.69) is 5.32 Å². The second-order valence-corrected chi connectivity index (χ2v) is 4.52. The number of hydrogen-bond acceptors (Lipinski definition) is 5. The van der Waals surface area contributed by atoms with Crippen LogP contribution in [0.5, 0.6) is 0 Å². The van der Waals surface area contributed by atoms with Gasteiger partial charge in [0.05, 0.1) is 32.3 Å². The van der Waals surface area contributed by atoms with Crippen LogP contribution in [0.25, 0.3) is 0 Å². The molecule has 0 radical (unpaired) electrons. The Hall–Kier alpha value is -1.50. The molecule has 1 rings (SSSR count). The fourth-order valence-electron chi connectivity index (χ4n) is 1.67. The Morgan fingerprint density at radius 2 is 2.19 bits per heavy atom. The molecule has 6 heteroatoms. The molecule has 0 heterocycles. The van der Waals surface area contributed by atoms with Gasteiger partial charge in [-0.05, 0) is 13.0 Å². The zero-order valence-corrected chi connectivity index (χ0v) is 12.2. The topological polar surface area (TPSA) is 67.8 Å². The van der Waals surface area contributed by atoms with E-state index in [1.54, 1.807) is 25.1 Å². The smallest absolute Gasteiger partial charge is 0.307 e. The summed E-state index contributed by atoms with van der Waals surface area (Å²) in [5.41, 5.74) is 0.458.